The number of rotatable bonds is 22. The molecule has 230 valence electrons. The van der Waals surface area contributed by atoms with Crippen molar-refractivity contribution in [2.75, 3.05) is 25.1 Å². The molecule has 1 heterocycles. The standard InChI is InChI=1S/C36H58N2O3/c1-7-9-11-13-15-17-25-37-31-22-23-32-33(28-31)38(6)36(39)35(40-26-18-16-14-12-10-8-2)34(32)41-27-24-30(5)21-19-20-29(3)4/h20,22-24,28,37H,7-19,21,25-27H2,1-6H3. The summed E-state index contributed by atoms with van der Waals surface area (Å²) in [4.78, 5) is 13.5. The minimum atomic E-state index is -0.143. The van der Waals surface area contributed by atoms with E-state index in [1.807, 2.05) is 7.05 Å². The highest BCUT2D eigenvalue weighted by atomic mass is 16.5. The van der Waals surface area contributed by atoms with E-state index in [-0.39, 0.29) is 5.56 Å². The molecule has 0 radical (unpaired) electrons. The molecule has 0 saturated heterocycles. The van der Waals surface area contributed by atoms with E-state index >= 15 is 0 Å². The molecule has 5 heteroatoms. The average molecular weight is 567 g/mol. The maximum absolute atomic E-state index is 13.5. The molecule has 2 aromatic rings. The Morgan fingerprint density at radius 1 is 0.829 bits per heavy atom. The lowest BCUT2D eigenvalue weighted by atomic mass is 10.1. The van der Waals surface area contributed by atoms with Crippen LogP contribution in [0.3, 0.4) is 0 Å². The first-order chi connectivity index (χ1) is 19.9. The van der Waals surface area contributed by atoms with Crippen LogP contribution in [0.15, 0.2) is 46.3 Å². The van der Waals surface area contributed by atoms with Crippen LogP contribution in [0.5, 0.6) is 11.5 Å². The number of anilines is 1. The van der Waals surface area contributed by atoms with Crippen LogP contribution in [-0.4, -0.2) is 24.3 Å². The molecule has 1 N–H and O–H groups in total. The number of ether oxygens (including phenoxy) is 2. The Balaban J connectivity index is 2.19. The summed E-state index contributed by atoms with van der Waals surface area (Å²) < 4.78 is 14.2. The Bertz CT molecular complexity index is 1140. The fraction of sp³-hybridized carbons (Fsp3) is 0.639. The number of aromatic nitrogens is 1. The molecule has 0 atom stereocenters. The van der Waals surface area contributed by atoms with Gasteiger partial charge < -0.3 is 19.4 Å². The second-order valence-corrected chi connectivity index (χ2v) is 11.7. The molecule has 1 aromatic heterocycles. The third-order valence-electron chi connectivity index (χ3n) is 7.66. The first kappa shape index (κ1) is 34.5. The van der Waals surface area contributed by atoms with Gasteiger partial charge in [-0.25, -0.2) is 0 Å². The Hall–Kier alpha value is -2.69. The van der Waals surface area contributed by atoms with Crippen LogP contribution >= 0.6 is 0 Å². The number of fused-ring (bicyclic) bond motifs is 1. The van der Waals surface area contributed by atoms with Gasteiger partial charge >= 0.3 is 0 Å². The zero-order chi connectivity index (χ0) is 29.9. The zero-order valence-corrected chi connectivity index (χ0v) is 27.1. The first-order valence-electron chi connectivity index (χ1n) is 16.3. The minimum absolute atomic E-state index is 0.143. The second kappa shape index (κ2) is 20.2. The van der Waals surface area contributed by atoms with Crippen molar-refractivity contribution in [3.8, 4) is 11.5 Å². The van der Waals surface area contributed by atoms with E-state index in [0.29, 0.717) is 24.7 Å². The van der Waals surface area contributed by atoms with Gasteiger partial charge in [-0.15, -0.1) is 0 Å². The molecule has 0 spiro atoms. The molecular formula is C36H58N2O3. The van der Waals surface area contributed by atoms with Crippen LogP contribution in [0, 0.1) is 0 Å². The normalized spacial score (nSPS) is 11.6. The lowest BCUT2D eigenvalue weighted by molar-refractivity contribution is 0.272. The van der Waals surface area contributed by atoms with Crippen molar-refractivity contribution in [2.45, 2.75) is 125 Å². The fourth-order valence-corrected chi connectivity index (χ4v) is 5.02. The highest BCUT2D eigenvalue weighted by Gasteiger charge is 2.18. The van der Waals surface area contributed by atoms with Crippen molar-refractivity contribution < 1.29 is 9.47 Å². The van der Waals surface area contributed by atoms with Crippen LogP contribution in [-0.2, 0) is 7.05 Å². The number of nitrogens with one attached hydrogen (secondary N) is 1. The Kier molecular flexibility index (Phi) is 17.0. The molecule has 0 fully saturated rings. The van der Waals surface area contributed by atoms with Crippen molar-refractivity contribution in [2.24, 2.45) is 7.05 Å². The summed E-state index contributed by atoms with van der Waals surface area (Å²) in [6, 6.07) is 6.23. The number of pyridine rings is 1. The van der Waals surface area contributed by atoms with Crippen molar-refractivity contribution in [1.29, 1.82) is 0 Å². The van der Waals surface area contributed by atoms with Crippen molar-refractivity contribution in [3.63, 3.8) is 0 Å². The van der Waals surface area contributed by atoms with Gasteiger partial charge in [0.05, 0.1) is 12.1 Å². The molecule has 0 bridgehead atoms. The minimum Gasteiger partial charge on any atom is -0.485 e. The van der Waals surface area contributed by atoms with E-state index in [0.717, 1.165) is 55.2 Å². The topological polar surface area (TPSA) is 52.5 Å². The van der Waals surface area contributed by atoms with Gasteiger partial charge in [-0.3, -0.25) is 4.79 Å². The molecule has 0 aliphatic rings. The number of hydrogen-bond donors (Lipinski definition) is 1. The highest BCUT2D eigenvalue weighted by molar-refractivity contribution is 5.90. The zero-order valence-electron chi connectivity index (χ0n) is 27.1. The van der Waals surface area contributed by atoms with E-state index in [1.54, 1.807) is 4.57 Å². The summed E-state index contributed by atoms with van der Waals surface area (Å²) in [7, 11) is 1.83. The van der Waals surface area contributed by atoms with Gasteiger partial charge in [0, 0.05) is 24.7 Å². The molecule has 0 saturated carbocycles. The lowest BCUT2D eigenvalue weighted by Gasteiger charge is -2.18. The molecule has 1 aromatic carbocycles. The van der Waals surface area contributed by atoms with E-state index in [1.165, 1.54) is 68.9 Å². The summed E-state index contributed by atoms with van der Waals surface area (Å²) >= 11 is 0. The molecule has 0 aliphatic heterocycles. The molecular weight excluding hydrogens is 508 g/mol. The molecule has 0 aliphatic carbocycles. The third kappa shape index (κ3) is 12.8. The number of nitrogens with zero attached hydrogens (tertiary/aromatic N) is 1. The van der Waals surface area contributed by atoms with Crippen molar-refractivity contribution >= 4 is 16.6 Å². The molecule has 0 amide bonds. The van der Waals surface area contributed by atoms with Gasteiger partial charge in [-0.1, -0.05) is 95.3 Å². The summed E-state index contributed by atoms with van der Waals surface area (Å²) in [5, 5.41) is 4.46. The fourth-order valence-electron chi connectivity index (χ4n) is 5.02. The predicted molar refractivity (Wildman–Crippen MR) is 178 cm³/mol. The summed E-state index contributed by atoms with van der Waals surface area (Å²) in [5.74, 6) is 0.891. The summed E-state index contributed by atoms with van der Waals surface area (Å²) in [6.45, 7) is 12.8. The maximum atomic E-state index is 13.5. The van der Waals surface area contributed by atoms with E-state index in [9.17, 15) is 4.79 Å². The SMILES string of the molecule is CCCCCCCCNc1ccc2c(OCC=C(C)CCC=C(C)C)c(OCCCCCCCC)c(=O)n(C)c2c1. The van der Waals surface area contributed by atoms with Gasteiger partial charge in [0.1, 0.15) is 6.61 Å². The van der Waals surface area contributed by atoms with Crippen LogP contribution < -0.4 is 20.3 Å². The Morgan fingerprint density at radius 3 is 2.17 bits per heavy atom. The first-order valence-corrected chi connectivity index (χ1v) is 16.3. The summed E-state index contributed by atoms with van der Waals surface area (Å²) in [5.41, 5.74) is 4.37. The summed E-state index contributed by atoms with van der Waals surface area (Å²) in [6.07, 6.45) is 21.1. The van der Waals surface area contributed by atoms with Crippen LogP contribution in [0.25, 0.3) is 10.9 Å². The quantitative estimate of drug-likeness (QED) is 0.114. The van der Waals surface area contributed by atoms with Gasteiger partial charge in [0.15, 0.2) is 5.75 Å². The third-order valence-corrected chi connectivity index (χ3v) is 7.66. The largest absolute Gasteiger partial charge is 0.485 e. The van der Waals surface area contributed by atoms with Crippen LogP contribution in [0.1, 0.15) is 125 Å². The number of hydrogen-bond acceptors (Lipinski definition) is 4. The van der Waals surface area contributed by atoms with Gasteiger partial charge in [0.25, 0.3) is 5.56 Å². The number of benzene rings is 1. The molecule has 41 heavy (non-hydrogen) atoms. The Morgan fingerprint density at radius 2 is 1.49 bits per heavy atom. The predicted octanol–water partition coefficient (Wildman–Crippen LogP) is 10.1. The van der Waals surface area contributed by atoms with Gasteiger partial charge in [0.2, 0.25) is 5.75 Å². The lowest BCUT2D eigenvalue weighted by Crippen LogP contribution is -2.21. The monoisotopic (exact) mass is 566 g/mol. The molecule has 5 nitrogen and oxygen atoms in total. The number of unbranched alkanes of at least 4 members (excludes halogenated alkanes) is 10. The second-order valence-electron chi connectivity index (χ2n) is 11.7. The maximum Gasteiger partial charge on any atom is 0.297 e. The Labute approximate surface area is 250 Å². The number of allylic oxidation sites excluding steroid dienone is 3. The van der Waals surface area contributed by atoms with Crippen LogP contribution in [0.2, 0.25) is 0 Å². The van der Waals surface area contributed by atoms with E-state index in [2.05, 4.69) is 70.3 Å². The van der Waals surface area contributed by atoms with E-state index < -0.39 is 0 Å². The van der Waals surface area contributed by atoms with Crippen molar-refractivity contribution in [1.82, 2.24) is 4.57 Å². The average Bonchev–Trinajstić information content (AvgIpc) is 2.95. The van der Waals surface area contributed by atoms with Crippen molar-refractivity contribution in [3.05, 3.63) is 51.9 Å². The van der Waals surface area contributed by atoms with Gasteiger partial charge in [-0.2, -0.15) is 0 Å². The van der Waals surface area contributed by atoms with Gasteiger partial charge in [-0.05, 0) is 70.7 Å². The van der Waals surface area contributed by atoms with E-state index in [4.69, 9.17) is 9.47 Å². The number of aryl methyl sites for hydroxylation is 1. The molecule has 2 rings (SSSR count). The van der Waals surface area contributed by atoms with Crippen LogP contribution in [0.4, 0.5) is 5.69 Å². The highest BCUT2D eigenvalue weighted by Crippen LogP contribution is 2.34. The molecule has 0 unspecified atom stereocenters. The smallest absolute Gasteiger partial charge is 0.297 e.